The zero-order chi connectivity index (χ0) is 15.4. The fourth-order valence-electron chi connectivity index (χ4n) is 2.55. The van der Waals surface area contributed by atoms with Gasteiger partial charge in [0.25, 0.3) is 5.09 Å². The first-order valence-electron chi connectivity index (χ1n) is 7.01. The van der Waals surface area contributed by atoms with Gasteiger partial charge in [0.2, 0.25) is 0 Å². The van der Waals surface area contributed by atoms with Gasteiger partial charge in [-0.1, -0.05) is 6.42 Å². The van der Waals surface area contributed by atoms with Crippen molar-refractivity contribution in [3.8, 4) is 0 Å². The van der Waals surface area contributed by atoms with Crippen molar-refractivity contribution >= 4 is 5.97 Å². The Morgan fingerprint density at radius 2 is 2.29 bits per heavy atom. The van der Waals surface area contributed by atoms with Crippen LogP contribution in [0.15, 0.2) is 6.07 Å². The van der Waals surface area contributed by atoms with E-state index in [1.807, 2.05) is 0 Å². The second kappa shape index (κ2) is 6.51. The zero-order valence-corrected chi connectivity index (χ0v) is 12.1. The van der Waals surface area contributed by atoms with Crippen LogP contribution < -0.4 is 0 Å². The largest absolute Gasteiger partial charge is 0.462 e. The first-order valence-corrected chi connectivity index (χ1v) is 7.01. The molecule has 1 aromatic rings. The summed E-state index contributed by atoms with van der Waals surface area (Å²) in [5.41, 5.74) is 2.31. The predicted molar refractivity (Wildman–Crippen MR) is 73.3 cm³/mol. The van der Waals surface area contributed by atoms with Crippen LogP contribution in [-0.4, -0.2) is 22.6 Å². The summed E-state index contributed by atoms with van der Waals surface area (Å²) in [6.07, 6.45) is 2.33. The molecule has 0 amide bonds. The number of pyridine rings is 1. The zero-order valence-electron chi connectivity index (χ0n) is 12.1. The molecule has 1 aromatic heterocycles. The predicted octanol–water partition coefficient (Wildman–Crippen LogP) is 2.54. The molecular weight excluding hydrogens is 276 g/mol. The van der Waals surface area contributed by atoms with Crippen molar-refractivity contribution in [2.24, 2.45) is 0 Å². The average molecular weight is 294 g/mol. The van der Waals surface area contributed by atoms with Gasteiger partial charge in [0.1, 0.15) is 6.10 Å². The third kappa shape index (κ3) is 3.48. The van der Waals surface area contributed by atoms with Gasteiger partial charge in [-0.3, -0.25) is 4.98 Å². The molecule has 2 rings (SSSR count). The minimum atomic E-state index is -0.782. The highest BCUT2D eigenvalue weighted by Crippen LogP contribution is 2.31. The summed E-state index contributed by atoms with van der Waals surface area (Å²) in [6, 6.07) is 1.73. The van der Waals surface area contributed by atoms with Crippen molar-refractivity contribution in [2.45, 2.75) is 45.6 Å². The van der Waals surface area contributed by atoms with Crippen LogP contribution in [0.2, 0.25) is 0 Å². The molecule has 1 heterocycles. The van der Waals surface area contributed by atoms with Gasteiger partial charge in [-0.15, -0.1) is 10.1 Å². The number of carbonyl (C=O) groups excluding carboxylic acids is 1. The van der Waals surface area contributed by atoms with Crippen LogP contribution in [0, 0.1) is 17.0 Å². The Kier molecular flexibility index (Phi) is 4.72. The summed E-state index contributed by atoms with van der Waals surface area (Å²) in [5, 5.41) is 9.83. The second-order valence-electron chi connectivity index (χ2n) is 4.95. The highest BCUT2D eigenvalue weighted by molar-refractivity contribution is 5.90. The summed E-state index contributed by atoms with van der Waals surface area (Å²) in [5.74, 6) is -0.415. The summed E-state index contributed by atoms with van der Waals surface area (Å²) < 4.78 is 5.00. The molecule has 114 valence electrons. The number of aromatic nitrogens is 1. The quantitative estimate of drug-likeness (QED) is 0.367. The number of rotatable bonds is 4. The molecule has 0 aromatic carbocycles. The van der Waals surface area contributed by atoms with Crippen LogP contribution in [-0.2, 0) is 16.0 Å². The van der Waals surface area contributed by atoms with Crippen molar-refractivity contribution in [1.82, 2.24) is 4.98 Å². The molecule has 0 bridgehead atoms. The summed E-state index contributed by atoms with van der Waals surface area (Å²) >= 11 is 0. The van der Waals surface area contributed by atoms with Crippen molar-refractivity contribution in [2.75, 3.05) is 6.61 Å². The Hall–Kier alpha value is -2.18. The maximum absolute atomic E-state index is 11.9. The van der Waals surface area contributed by atoms with Crippen LogP contribution >= 0.6 is 0 Å². The number of aryl methyl sites for hydroxylation is 2. The standard InChI is InChI=1S/C14H18N2O5/c1-3-20-14(17)11-8-10-6-4-5-7-12(21-16(18)19)13(10)15-9(11)2/h8,12H,3-7H2,1-2H3. The summed E-state index contributed by atoms with van der Waals surface area (Å²) in [6.45, 7) is 3.73. The molecule has 0 spiro atoms. The van der Waals surface area contributed by atoms with Crippen LogP contribution in [0.3, 0.4) is 0 Å². The van der Waals surface area contributed by atoms with Crippen molar-refractivity contribution < 1.29 is 19.5 Å². The van der Waals surface area contributed by atoms with E-state index in [-0.39, 0.29) is 0 Å². The molecule has 1 aliphatic rings. The number of fused-ring (bicyclic) bond motifs is 1. The van der Waals surface area contributed by atoms with Gasteiger partial charge in [0.05, 0.1) is 23.6 Å². The number of nitrogens with zero attached hydrogens (tertiary/aromatic N) is 2. The summed E-state index contributed by atoms with van der Waals surface area (Å²) in [7, 11) is 0. The topological polar surface area (TPSA) is 91.6 Å². The lowest BCUT2D eigenvalue weighted by atomic mass is 10.0. The number of esters is 1. The van der Waals surface area contributed by atoms with Gasteiger partial charge in [0, 0.05) is 0 Å². The maximum Gasteiger partial charge on any atom is 0.339 e. The molecule has 1 aliphatic carbocycles. The van der Waals surface area contributed by atoms with Gasteiger partial charge in [-0.05, 0) is 44.7 Å². The molecule has 0 radical (unpaired) electrons. The fourth-order valence-corrected chi connectivity index (χ4v) is 2.55. The molecule has 1 unspecified atom stereocenters. The van der Waals surface area contributed by atoms with Crippen molar-refractivity contribution in [3.05, 3.63) is 38.7 Å². The molecule has 7 heteroatoms. The smallest absolute Gasteiger partial charge is 0.339 e. The van der Waals surface area contributed by atoms with Gasteiger partial charge in [-0.2, -0.15) is 0 Å². The second-order valence-corrected chi connectivity index (χ2v) is 4.95. The van der Waals surface area contributed by atoms with Crippen LogP contribution in [0.4, 0.5) is 0 Å². The van der Waals surface area contributed by atoms with E-state index in [1.54, 1.807) is 19.9 Å². The third-order valence-electron chi connectivity index (χ3n) is 3.50. The van der Waals surface area contributed by atoms with E-state index in [9.17, 15) is 14.9 Å². The first kappa shape index (κ1) is 15.2. The highest BCUT2D eigenvalue weighted by atomic mass is 17.0. The van der Waals surface area contributed by atoms with E-state index in [0.29, 0.717) is 30.0 Å². The molecule has 0 saturated heterocycles. The first-order chi connectivity index (χ1) is 10.0. The third-order valence-corrected chi connectivity index (χ3v) is 3.50. The molecule has 0 N–H and O–H groups in total. The summed E-state index contributed by atoms with van der Waals surface area (Å²) in [4.78, 5) is 31.6. The molecule has 21 heavy (non-hydrogen) atoms. The molecule has 0 fully saturated rings. The fraction of sp³-hybridized carbons (Fsp3) is 0.571. The van der Waals surface area contributed by atoms with Crippen molar-refractivity contribution in [3.63, 3.8) is 0 Å². The Balaban J connectivity index is 2.40. The lowest BCUT2D eigenvalue weighted by Crippen LogP contribution is -2.15. The maximum atomic E-state index is 11.9. The molecule has 0 saturated carbocycles. The SMILES string of the molecule is CCOC(=O)c1cc2c(nc1C)C(O[N+](=O)[O-])CCCC2. The van der Waals surface area contributed by atoms with Crippen LogP contribution in [0.25, 0.3) is 0 Å². The number of ether oxygens (including phenoxy) is 1. The minimum Gasteiger partial charge on any atom is -0.462 e. The monoisotopic (exact) mass is 294 g/mol. The Morgan fingerprint density at radius 1 is 1.52 bits per heavy atom. The van der Waals surface area contributed by atoms with Crippen LogP contribution in [0.5, 0.6) is 0 Å². The molecule has 0 aliphatic heterocycles. The van der Waals surface area contributed by atoms with Gasteiger partial charge in [-0.25, -0.2) is 4.79 Å². The lowest BCUT2D eigenvalue weighted by molar-refractivity contribution is -0.771. The van der Waals surface area contributed by atoms with E-state index in [4.69, 9.17) is 9.57 Å². The highest BCUT2D eigenvalue weighted by Gasteiger charge is 2.26. The molecular formula is C14H18N2O5. The van der Waals surface area contributed by atoms with E-state index in [2.05, 4.69) is 4.98 Å². The van der Waals surface area contributed by atoms with Crippen LogP contribution in [0.1, 0.15) is 59.6 Å². The normalized spacial score (nSPS) is 17.5. The molecule has 1 atom stereocenters. The minimum absolute atomic E-state index is 0.294. The Morgan fingerprint density at radius 3 is 2.95 bits per heavy atom. The van der Waals surface area contributed by atoms with Gasteiger partial charge in [0.15, 0.2) is 0 Å². The van der Waals surface area contributed by atoms with Gasteiger partial charge < -0.3 is 9.57 Å². The number of hydrogen-bond acceptors (Lipinski definition) is 6. The Bertz CT molecular complexity index is 559. The number of hydrogen-bond donors (Lipinski definition) is 0. The van der Waals surface area contributed by atoms with E-state index in [1.165, 1.54) is 0 Å². The average Bonchev–Trinajstić information content (AvgIpc) is 2.60. The molecule has 7 nitrogen and oxygen atoms in total. The van der Waals surface area contributed by atoms with E-state index >= 15 is 0 Å². The van der Waals surface area contributed by atoms with Gasteiger partial charge >= 0.3 is 5.97 Å². The van der Waals surface area contributed by atoms with E-state index < -0.39 is 17.2 Å². The number of carbonyl (C=O) groups is 1. The Labute approximate surface area is 122 Å². The van der Waals surface area contributed by atoms with E-state index in [0.717, 1.165) is 24.8 Å². The van der Waals surface area contributed by atoms with Crippen molar-refractivity contribution in [1.29, 1.82) is 0 Å². The lowest BCUT2D eigenvalue weighted by Gasteiger charge is -2.16.